The third kappa shape index (κ3) is 3.44. The summed E-state index contributed by atoms with van der Waals surface area (Å²) in [7, 11) is 0. The monoisotopic (exact) mass is 261 g/mol. The van der Waals surface area contributed by atoms with E-state index in [2.05, 4.69) is 12.2 Å². The molecule has 1 heterocycles. The van der Waals surface area contributed by atoms with Crippen molar-refractivity contribution < 1.29 is 8.81 Å². The average Bonchev–Trinajstić information content (AvgIpc) is 2.89. The molecule has 0 bridgehead atoms. The maximum Gasteiger partial charge on any atom is 0.126 e. The fourth-order valence-electron chi connectivity index (χ4n) is 2.18. The zero-order chi connectivity index (χ0) is 13.7. The van der Waals surface area contributed by atoms with Crippen LogP contribution in [0.4, 0.5) is 4.39 Å². The van der Waals surface area contributed by atoms with E-state index in [1.165, 1.54) is 6.07 Å². The van der Waals surface area contributed by atoms with Gasteiger partial charge in [-0.1, -0.05) is 32.0 Å². The summed E-state index contributed by atoms with van der Waals surface area (Å²) in [5, 5.41) is 3.35. The van der Waals surface area contributed by atoms with Crippen LogP contribution >= 0.6 is 0 Å². The van der Waals surface area contributed by atoms with E-state index >= 15 is 0 Å². The molecule has 1 aromatic heterocycles. The molecule has 2 rings (SSSR count). The number of halogens is 1. The van der Waals surface area contributed by atoms with Crippen LogP contribution in [0.1, 0.15) is 37.0 Å². The molecular formula is C16H20FNO. The lowest BCUT2D eigenvalue weighted by Gasteiger charge is -2.16. The summed E-state index contributed by atoms with van der Waals surface area (Å²) >= 11 is 0. The molecule has 2 aromatic rings. The number of benzene rings is 1. The van der Waals surface area contributed by atoms with Gasteiger partial charge < -0.3 is 9.73 Å². The van der Waals surface area contributed by atoms with E-state index in [0.717, 1.165) is 24.5 Å². The number of aryl methyl sites for hydroxylation is 1. The van der Waals surface area contributed by atoms with Crippen LogP contribution in [0, 0.1) is 5.82 Å². The Morgan fingerprint density at radius 1 is 1.16 bits per heavy atom. The fourth-order valence-corrected chi connectivity index (χ4v) is 2.18. The maximum absolute atomic E-state index is 13.7. The Balaban J connectivity index is 2.18. The van der Waals surface area contributed by atoms with Crippen LogP contribution < -0.4 is 5.32 Å². The van der Waals surface area contributed by atoms with Gasteiger partial charge in [-0.15, -0.1) is 0 Å². The summed E-state index contributed by atoms with van der Waals surface area (Å²) in [6.45, 7) is 4.92. The molecule has 0 aliphatic heterocycles. The summed E-state index contributed by atoms with van der Waals surface area (Å²) in [6.07, 6.45) is 1.47. The van der Waals surface area contributed by atoms with Crippen molar-refractivity contribution in [3.05, 3.63) is 59.3 Å². The van der Waals surface area contributed by atoms with Crippen molar-refractivity contribution >= 4 is 0 Å². The van der Waals surface area contributed by atoms with Gasteiger partial charge in [0.1, 0.15) is 17.3 Å². The second kappa shape index (κ2) is 6.53. The molecule has 1 unspecified atom stereocenters. The zero-order valence-electron chi connectivity index (χ0n) is 11.4. The smallest absolute Gasteiger partial charge is 0.126 e. The number of likely N-dealkylation sites (N-methyl/N-ethyl adjacent to an activating group) is 1. The number of furan rings is 1. The van der Waals surface area contributed by atoms with Crippen LogP contribution in [0.25, 0.3) is 0 Å². The molecule has 0 radical (unpaired) electrons. The standard InChI is InChI=1S/C16H20FNO/c1-3-13-9-10-16(19-13)15(18-4-2)11-12-7-5-6-8-14(12)17/h5-10,15,18H,3-4,11H2,1-2H3. The molecular weight excluding hydrogens is 241 g/mol. The van der Waals surface area contributed by atoms with E-state index in [9.17, 15) is 4.39 Å². The van der Waals surface area contributed by atoms with Crippen molar-refractivity contribution in [2.24, 2.45) is 0 Å². The molecule has 2 nitrogen and oxygen atoms in total. The summed E-state index contributed by atoms with van der Waals surface area (Å²) in [6, 6.07) is 10.9. The van der Waals surface area contributed by atoms with Crippen molar-refractivity contribution in [3.63, 3.8) is 0 Å². The maximum atomic E-state index is 13.7. The van der Waals surface area contributed by atoms with Gasteiger partial charge in [-0.3, -0.25) is 0 Å². The summed E-state index contributed by atoms with van der Waals surface area (Å²) in [5.41, 5.74) is 0.711. The topological polar surface area (TPSA) is 25.2 Å². The van der Waals surface area contributed by atoms with Gasteiger partial charge in [0, 0.05) is 6.42 Å². The van der Waals surface area contributed by atoms with Crippen molar-refractivity contribution in [2.45, 2.75) is 32.7 Å². The Hall–Kier alpha value is -1.61. The van der Waals surface area contributed by atoms with Gasteiger partial charge in [0.2, 0.25) is 0 Å². The Labute approximate surface area is 113 Å². The van der Waals surface area contributed by atoms with Gasteiger partial charge in [0.05, 0.1) is 6.04 Å². The van der Waals surface area contributed by atoms with Gasteiger partial charge in [0.15, 0.2) is 0 Å². The van der Waals surface area contributed by atoms with Gasteiger partial charge in [-0.05, 0) is 36.7 Å². The highest BCUT2D eigenvalue weighted by molar-refractivity contribution is 5.21. The second-order valence-electron chi connectivity index (χ2n) is 4.56. The lowest BCUT2D eigenvalue weighted by molar-refractivity contribution is 0.394. The van der Waals surface area contributed by atoms with Gasteiger partial charge in [-0.25, -0.2) is 4.39 Å². The first-order chi connectivity index (χ1) is 9.24. The highest BCUT2D eigenvalue weighted by atomic mass is 19.1. The van der Waals surface area contributed by atoms with E-state index in [4.69, 9.17) is 4.42 Å². The van der Waals surface area contributed by atoms with E-state index in [-0.39, 0.29) is 11.9 Å². The number of hydrogen-bond acceptors (Lipinski definition) is 2. The largest absolute Gasteiger partial charge is 0.464 e. The fraction of sp³-hybridized carbons (Fsp3) is 0.375. The Morgan fingerprint density at radius 2 is 1.95 bits per heavy atom. The Bertz CT molecular complexity index is 521. The number of hydrogen-bond donors (Lipinski definition) is 1. The highest BCUT2D eigenvalue weighted by Gasteiger charge is 2.16. The van der Waals surface area contributed by atoms with Crippen LogP contribution in [-0.2, 0) is 12.8 Å². The van der Waals surface area contributed by atoms with Crippen LogP contribution in [0.15, 0.2) is 40.8 Å². The SMILES string of the molecule is CCNC(Cc1ccccc1F)c1ccc(CC)o1. The minimum atomic E-state index is -0.160. The zero-order valence-corrected chi connectivity index (χ0v) is 11.4. The molecule has 0 amide bonds. The number of nitrogens with one attached hydrogen (secondary N) is 1. The third-order valence-corrected chi connectivity index (χ3v) is 3.21. The first kappa shape index (κ1) is 13.8. The summed E-state index contributed by atoms with van der Waals surface area (Å²) in [5.74, 6) is 1.68. The highest BCUT2D eigenvalue weighted by Crippen LogP contribution is 2.22. The third-order valence-electron chi connectivity index (χ3n) is 3.21. The molecule has 1 atom stereocenters. The second-order valence-corrected chi connectivity index (χ2v) is 4.56. The molecule has 0 spiro atoms. The van der Waals surface area contributed by atoms with Crippen LogP contribution in [0.3, 0.4) is 0 Å². The minimum absolute atomic E-state index is 0.0159. The van der Waals surface area contributed by atoms with Crippen LogP contribution in [0.2, 0.25) is 0 Å². The van der Waals surface area contributed by atoms with Gasteiger partial charge in [-0.2, -0.15) is 0 Å². The van der Waals surface area contributed by atoms with Gasteiger partial charge >= 0.3 is 0 Å². The first-order valence-electron chi connectivity index (χ1n) is 6.80. The normalized spacial score (nSPS) is 12.6. The molecule has 102 valence electrons. The molecule has 19 heavy (non-hydrogen) atoms. The van der Waals surface area contributed by atoms with E-state index in [1.54, 1.807) is 6.07 Å². The van der Waals surface area contributed by atoms with Crippen molar-refractivity contribution in [2.75, 3.05) is 6.54 Å². The van der Waals surface area contributed by atoms with E-state index < -0.39 is 0 Å². The molecule has 1 N–H and O–H groups in total. The molecule has 1 aromatic carbocycles. The van der Waals surface area contributed by atoms with Crippen molar-refractivity contribution in [3.8, 4) is 0 Å². The Kier molecular flexibility index (Phi) is 4.74. The predicted molar refractivity (Wildman–Crippen MR) is 74.6 cm³/mol. The molecule has 3 heteroatoms. The minimum Gasteiger partial charge on any atom is -0.464 e. The van der Waals surface area contributed by atoms with E-state index in [1.807, 2.05) is 31.2 Å². The van der Waals surface area contributed by atoms with Crippen molar-refractivity contribution in [1.82, 2.24) is 5.32 Å². The molecule has 0 saturated carbocycles. The van der Waals surface area contributed by atoms with E-state index in [0.29, 0.717) is 12.0 Å². The molecule has 0 aliphatic carbocycles. The average molecular weight is 261 g/mol. The lowest BCUT2D eigenvalue weighted by atomic mass is 10.0. The lowest BCUT2D eigenvalue weighted by Crippen LogP contribution is -2.22. The van der Waals surface area contributed by atoms with Crippen molar-refractivity contribution in [1.29, 1.82) is 0 Å². The molecule has 0 fully saturated rings. The quantitative estimate of drug-likeness (QED) is 0.853. The van der Waals surface area contributed by atoms with Crippen LogP contribution in [0.5, 0.6) is 0 Å². The predicted octanol–water partition coefficient (Wildman–Crippen LogP) is 3.87. The van der Waals surface area contributed by atoms with Crippen LogP contribution in [-0.4, -0.2) is 6.54 Å². The Morgan fingerprint density at radius 3 is 2.58 bits per heavy atom. The molecule has 0 aliphatic rings. The van der Waals surface area contributed by atoms with Gasteiger partial charge in [0.25, 0.3) is 0 Å². The first-order valence-corrected chi connectivity index (χ1v) is 6.80. The molecule has 0 saturated heterocycles. The number of rotatable bonds is 6. The summed E-state index contributed by atoms with van der Waals surface area (Å²) in [4.78, 5) is 0. The summed E-state index contributed by atoms with van der Waals surface area (Å²) < 4.78 is 19.5.